The molecule has 0 spiro atoms. The molecule has 0 bridgehead atoms. The van der Waals surface area contributed by atoms with Crippen LogP contribution in [0.3, 0.4) is 0 Å². The molecule has 15 heavy (non-hydrogen) atoms. The molecule has 0 fully saturated rings. The van der Waals surface area contributed by atoms with Gasteiger partial charge in [-0.1, -0.05) is 38.5 Å². The Labute approximate surface area is 90.8 Å². The van der Waals surface area contributed by atoms with E-state index in [-0.39, 0.29) is 5.78 Å². The Kier molecular flexibility index (Phi) is 3.62. The van der Waals surface area contributed by atoms with E-state index in [4.69, 9.17) is 6.57 Å². The molecule has 0 heterocycles. The number of carbonyl (C=O) groups excluding carboxylic acids is 1. The van der Waals surface area contributed by atoms with Crippen molar-refractivity contribution in [3.63, 3.8) is 0 Å². The van der Waals surface area contributed by atoms with Gasteiger partial charge in [-0.25, -0.2) is 4.85 Å². The first-order valence-electron chi connectivity index (χ1n) is 5.14. The van der Waals surface area contributed by atoms with Crippen molar-refractivity contribution < 1.29 is 4.79 Å². The summed E-state index contributed by atoms with van der Waals surface area (Å²) in [6.45, 7) is 12.9. The lowest BCUT2D eigenvalue weighted by molar-refractivity contribution is 0.0988. The second kappa shape index (κ2) is 4.75. The molecule has 0 aromatic heterocycles. The third-order valence-corrected chi connectivity index (χ3v) is 2.38. The Morgan fingerprint density at radius 1 is 1.40 bits per heavy atom. The van der Waals surface area contributed by atoms with Gasteiger partial charge in [0.05, 0.1) is 6.57 Å². The van der Waals surface area contributed by atoms with Gasteiger partial charge in [0.15, 0.2) is 11.5 Å². The first-order valence-corrected chi connectivity index (χ1v) is 5.14. The first kappa shape index (κ1) is 11.5. The first-order chi connectivity index (χ1) is 7.08. The number of Topliss-reactive ketones (excluding diaryl/α,β-unsaturated/α-hetero) is 1. The summed E-state index contributed by atoms with van der Waals surface area (Å²) in [6.07, 6.45) is 0.485. The van der Waals surface area contributed by atoms with E-state index in [1.165, 1.54) is 0 Å². The maximum absolute atomic E-state index is 11.6. The van der Waals surface area contributed by atoms with Gasteiger partial charge in [-0.2, -0.15) is 0 Å². The highest BCUT2D eigenvalue weighted by molar-refractivity contribution is 5.97. The molecule has 0 radical (unpaired) electrons. The smallest absolute Gasteiger partial charge is 0.188 e. The molecule has 78 valence electrons. The second-order valence-electron chi connectivity index (χ2n) is 3.86. The summed E-state index contributed by atoms with van der Waals surface area (Å²) in [7, 11) is 0. The van der Waals surface area contributed by atoms with Crippen molar-refractivity contribution in [3.8, 4) is 0 Å². The highest BCUT2D eigenvalue weighted by atomic mass is 16.1. The molecule has 0 aliphatic carbocycles. The third kappa shape index (κ3) is 2.66. The molecular weight excluding hydrogens is 186 g/mol. The maximum atomic E-state index is 11.6. The number of ketones is 1. The Hall–Kier alpha value is -1.62. The Bertz CT molecular complexity index is 413. The van der Waals surface area contributed by atoms with Crippen LogP contribution in [0.2, 0.25) is 0 Å². The topological polar surface area (TPSA) is 21.4 Å². The summed E-state index contributed by atoms with van der Waals surface area (Å²) in [5, 5.41) is 0. The van der Waals surface area contributed by atoms with E-state index in [2.05, 4.69) is 18.7 Å². The SMILES string of the molecule is [C-]#[N+]c1cc(C(=O)CC)cc(C(C)C)c1. The fourth-order valence-corrected chi connectivity index (χ4v) is 1.40. The molecule has 1 rings (SSSR count). The van der Waals surface area contributed by atoms with Crippen LogP contribution >= 0.6 is 0 Å². The summed E-state index contributed by atoms with van der Waals surface area (Å²) in [5.74, 6) is 0.442. The summed E-state index contributed by atoms with van der Waals surface area (Å²) in [6, 6.07) is 5.42. The molecule has 1 aromatic rings. The van der Waals surface area contributed by atoms with Crippen molar-refractivity contribution in [3.05, 3.63) is 40.7 Å². The molecule has 2 nitrogen and oxygen atoms in total. The van der Waals surface area contributed by atoms with Gasteiger partial charge in [0.2, 0.25) is 0 Å². The number of rotatable bonds is 3. The van der Waals surface area contributed by atoms with Crippen molar-refractivity contribution in [2.24, 2.45) is 0 Å². The number of carbonyl (C=O) groups is 1. The van der Waals surface area contributed by atoms with Crippen LogP contribution in [0, 0.1) is 6.57 Å². The minimum atomic E-state index is 0.0994. The predicted octanol–water partition coefficient (Wildman–Crippen LogP) is 3.95. The van der Waals surface area contributed by atoms with Crippen LogP contribution in [0.5, 0.6) is 0 Å². The minimum Gasteiger partial charge on any atom is -0.294 e. The fraction of sp³-hybridized carbons (Fsp3) is 0.385. The molecule has 1 aromatic carbocycles. The van der Waals surface area contributed by atoms with Gasteiger partial charge in [0, 0.05) is 12.0 Å². The average Bonchev–Trinajstić information content (AvgIpc) is 2.27. The highest BCUT2D eigenvalue weighted by Crippen LogP contribution is 2.24. The van der Waals surface area contributed by atoms with Crippen LogP contribution in [0.4, 0.5) is 5.69 Å². The summed E-state index contributed by atoms with van der Waals surface area (Å²) in [5.41, 5.74) is 2.27. The highest BCUT2D eigenvalue weighted by Gasteiger charge is 2.08. The number of benzene rings is 1. The predicted molar refractivity (Wildman–Crippen MR) is 61.4 cm³/mol. The standard InChI is InChI=1S/C13H15NO/c1-5-13(15)11-6-10(9(2)3)7-12(8-11)14-4/h6-9H,5H2,1-3H3. The lowest BCUT2D eigenvalue weighted by Gasteiger charge is -2.08. The van der Waals surface area contributed by atoms with Crippen molar-refractivity contribution in [1.29, 1.82) is 0 Å². The number of nitrogens with zero attached hydrogens (tertiary/aromatic N) is 1. The lowest BCUT2D eigenvalue weighted by atomic mass is 9.97. The summed E-state index contributed by atoms with van der Waals surface area (Å²) < 4.78 is 0. The quantitative estimate of drug-likeness (QED) is 0.536. The molecular formula is C13H15NO. The lowest BCUT2D eigenvalue weighted by Crippen LogP contribution is -1.98. The third-order valence-electron chi connectivity index (χ3n) is 2.38. The molecule has 0 saturated carbocycles. The summed E-state index contributed by atoms with van der Waals surface area (Å²) >= 11 is 0. The number of hydrogen-bond acceptors (Lipinski definition) is 1. The largest absolute Gasteiger partial charge is 0.294 e. The Morgan fingerprint density at radius 2 is 2.07 bits per heavy atom. The van der Waals surface area contributed by atoms with E-state index in [0.717, 1.165) is 5.56 Å². The zero-order valence-corrected chi connectivity index (χ0v) is 9.37. The normalized spacial score (nSPS) is 10.1. The number of hydrogen-bond donors (Lipinski definition) is 0. The van der Waals surface area contributed by atoms with Crippen molar-refractivity contribution in [1.82, 2.24) is 0 Å². The van der Waals surface area contributed by atoms with E-state index in [1.807, 2.05) is 19.1 Å². The van der Waals surface area contributed by atoms with Gasteiger partial charge in [0.1, 0.15) is 0 Å². The van der Waals surface area contributed by atoms with Crippen LogP contribution in [0.25, 0.3) is 4.85 Å². The minimum absolute atomic E-state index is 0.0994. The van der Waals surface area contributed by atoms with E-state index >= 15 is 0 Å². The average molecular weight is 201 g/mol. The van der Waals surface area contributed by atoms with Gasteiger partial charge in [-0.05, 0) is 12.0 Å². The molecule has 0 amide bonds. The van der Waals surface area contributed by atoms with Gasteiger partial charge in [-0.15, -0.1) is 0 Å². The van der Waals surface area contributed by atoms with E-state index < -0.39 is 0 Å². The molecule has 0 unspecified atom stereocenters. The fourth-order valence-electron chi connectivity index (χ4n) is 1.40. The van der Waals surface area contributed by atoms with Crippen molar-refractivity contribution in [2.75, 3.05) is 0 Å². The van der Waals surface area contributed by atoms with Crippen molar-refractivity contribution >= 4 is 11.5 Å². The van der Waals surface area contributed by atoms with E-state index in [9.17, 15) is 4.79 Å². The van der Waals surface area contributed by atoms with Crippen LogP contribution in [-0.2, 0) is 0 Å². The van der Waals surface area contributed by atoms with Gasteiger partial charge in [0.25, 0.3) is 0 Å². The zero-order chi connectivity index (χ0) is 11.4. The molecule has 0 atom stereocenters. The molecule has 0 aliphatic rings. The van der Waals surface area contributed by atoms with E-state index in [1.54, 1.807) is 6.07 Å². The second-order valence-corrected chi connectivity index (χ2v) is 3.86. The van der Waals surface area contributed by atoms with Gasteiger partial charge in [-0.3, -0.25) is 4.79 Å². The molecule has 0 N–H and O–H groups in total. The van der Waals surface area contributed by atoms with Crippen LogP contribution in [0.15, 0.2) is 18.2 Å². The molecule has 2 heteroatoms. The maximum Gasteiger partial charge on any atom is 0.188 e. The van der Waals surface area contributed by atoms with Crippen LogP contribution < -0.4 is 0 Å². The van der Waals surface area contributed by atoms with Crippen LogP contribution in [-0.4, -0.2) is 5.78 Å². The Balaban J connectivity index is 3.24. The van der Waals surface area contributed by atoms with Crippen molar-refractivity contribution in [2.45, 2.75) is 33.1 Å². The Morgan fingerprint density at radius 3 is 2.53 bits per heavy atom. The van der Waals surface area contributed by atoms with Crippen LogP contribution in [0.1, 0.15) is 49.0 Å². The summed E-state index contributed by atoms with van der Waals surface area (Å²) in [4.78, 5) is 14.9. The monoisotopic (exact) mass is 201 g/mol. The van der Waals surface area contributed by atoms with Gasteiger partial charge >= 0.3 is 0 Å². The molecule has 0 saturated heterocycles. The molecule has 0 aliphatic heterocycles. The zero-order valence-electron chi connectivity index (χ0n) is 9.37. The van der Waals surface area contributed by atoms with E-state index in [0.29, 0.717) is 23.6 Å². The van der Waals surface area contributed by atoms with Gasteiger partial charge < -0.3 is 0 Å².